The van der Waals surface area contributed by atoms with Gasteiger partial charge in [-0.15, -0.1) is 0 Å². The van der Waals surface area contributed by atoms with E-state index in [1.54, 1.807) is 31.2 Å². The van der Waals surface area contributed by atoms with E-state index in [1.165, 1.54) is 6.92 Å². The van der Waals surface area contributed by atoms with Gasteiger partial charge in [-0.1, -0.05) is 34.6 Å². The lowest BCUT2D eigenvalue weighted by Crippen LogP contribution is -2.39. The molecule has 0 saturated carbocycles. The average Bonchev–Trinajstić information content (AvgIpc) is 2.46. The van der Waals surface area contributed by atoms with Crippen LogP contribution in [0.5, 0.6) is 0 Å². The van der Waals surface area contributed by atoms with Crippen molar-refractivity contribution >= 4 is 33.6 Å². The Balaban J connectivity index is 2.52. The van der Waals surface area contributed by atoms with Crippen LogP contribution in [0.4, 0.5) is 0 Å². The summed E-state index contributed by atoms with van der Waals surface area (Å²) < 4.78 is 5.62. The summed E-state index contributed by atoms with van der Waals surface area (Å²) in [6.07, 6.45) is 0.227. The molecule has 0 spiro atoms. The third kappa shape index (κ3) is 5.81. The van der Waals surface area contributed by atoms with Crippen molar-refractivity contribution in [3.8, 4) is 0 Å². The topological polar surface area (TPSA) is 72.5 Å². The number of rotatable bonds is 7. The van der Waals surface area contributed by atoms with Crippen molar-refractivity contribution in [3.05, 3.63) is 46.5 Å². The first kappa shape index (κ1) is 18.1. The summed E-state index contributed by atoms with van der Waals surface area (Å²) >= 11 is 3.30. The first-order valence-corrected chi connectivity index (χ1v) is 7.52. The highest BCUT2D eigenvalue weighted by molar-refractivity contribution is 9.10. The molecule has 0 bridgehead atoms. The molecule has 0 radical (unpaired) electrons. The lowest BCUT2D eigenvalue weighted by molar-refractivity contribution is -0.141. The second-order valence-corrected chi connectivity index (χ2v) is 5.68. The minimum absolute atomic E-state index is 0.0939. The molecule has 1 N–H and O–H groups in total. The molecule has 0 aliphatic carbocycles. The number of halogens is 1. The third-order valence-corrected chi connectivity index (χ3v) is 3.43. The number of benzene rings is 1. The van der Waals surface area contributed by atoms with Gasteiger partial charge in [-0.05, 0) is 19.1 Å². The zero-order chi connectivity index (χ0) is 16.7. The number of amides is 1. The number of ketones is 1. The van der Waals surface area contributed by atoms with Crippen LogP contribution in [0, 0.1) is 0 Å². The maximum Gasteiger partial charge on any atom is 0.302 e. The van der Waals surface area contributed by atoms with Crippen LogP contribution < -0.4 is 5.32 Å². The number of esters is 1. The van der Waals surface area contributed by atoms with E-state index in [0.717, 1.165) is 4.47 Å². The highest BCUT2D eigenvalue weighted by atomic mass is 79.9. The molecule has 0 saturated heterocycles. The highest BCUT2D eigenvalue weighted by Gasteiger charge is 2.18. The summed E-state index contributed by atoms with van der Waals surface area (Å²) in [5.74, 6) is -1.02. The van der Waals surface area contributed by atoms with E-state index in [2.05, 4.69) is 27.8 Å². The molecule has 1 rings (SSSR count). The summed E-state index contributed by atoms with van der Waals surface area (Å²) in [6, 6.07) is 6.23. The molecular weight excluding hydrogens is 350 g/mol. The van der Waals surface area contributed by atoms with Crippen LogP contribution in [0.3, 0.4) is 0 Å². The van der Waals surface area contributed by atoms with Gasteiger partial charge >= 0.3 is 5.97 Å². The molecular formula is C16H18BrNO4. The van der Waals surface area contributed by atoms with Crippen molar-refractivity contribution < 1.29 is 19.1 Å². The molecule has 6 heteroatoms. The van der Waals surface area contributed by atoms with Gasteiger partial charge in [0, 0.05) is 29.0 Å². The number of carbonyl (C=O) groups is 3. The zero-order valence-electron chi connectivity index (χ0n) is 12.5. The quantitative estimate of drug-likeness (QED) is 0.456. The van der Waals surface area contributed by atoms with Crippen LogP contribution in [0.1, 0.15) is 30.6 Å². The fraction of sp³-hybridized carbons (Fsp3) is 0.312. The molecule has 22 heavy (non-hydrogen) atoms. The van der Waals surface area contributed by atoms with Gasteiger partial charge in [0.05, 0.1) is 12.6 Å². The van der Waals surface area contributed by atoms with Crippen LogP contribution in [0.15, 0.2) is 40.9 Å². The van der Waals surface area contributed by atoms with E-state index < -0.39 is 17.9 Å². The van der Waals surface area contributed by atoms with E-state index >= 15 is 0 Å². The Bertz CT molecular complexity index is 580. The maximum atomic E-state index is 12.2. The number of ether oxygens (including phenoxy) is 1. The summed E-state index contributed by atoms with van der Waals surface area (Å²) in [5.41, 5.74) is 0.776. The largest absolute Gasteiger partial charge is 0.466 e. The molecule has 118 valence electrons. The second-order valence-electron chi connectivity index (χ2n) is 4.76. The van der Waals surface area contributed by atoms with Crippen LogP contribution >= 0.6 is 15.9 Å². The number of nitrogens with one attached hydrogen (secondary N) is 1. The molecule has 0 aliphatic rings. The van der Waals surface area contributed by atoms with E-state index in [0.29, 0.717) is 5.56 Å². The molecule has 1 amide bonds. The predicted octanol–water partition coefficient (Wildman–Crippen LogP) is 2.65. The van der Waals surface area contributed by atoms with Crippen LogP contribution in [0.25, 0.3) is 0 Å². The Hall–Kier alpha value is -1.95. The van der Waals surface area contributed by atoms with E-state index in [-0.39, 0.29) is 24.4 Å². The minimum atomic E-state index is -0.667. The number of Topliss-reactive ketones (excluding diaryl/α,β-unsaturated/α-hetero) is 1. The molecule has 1 aromatic rings. The maximum absolute atomic E-state index is 12.2. The summed E-state index contributed by atoms with van der Waals surface area (Å²) in [6.45, 7) is 6.63. The monoisotopic (exact) mass is 367 g/mol. The van der Waals surface area contributed by atoms with E-state index in [9.17, 15) is 14.4 Å². The zero-order valence-corrected chi connectivity index (χ0v) is 14.1. The lowest BCUT2D eigenvalue weighted by atomic mass is 10.1. The molecule has 0 aromatic heterocycles. The Morgan fingerprint density at radius 3 is 2.41 bits per heavy atom. The van der Waals surface area contributed by atoms with Gasteiger partial charge in [0.25, 0.3) is 0 Å². The average molecular weight is 368 g/mol. The minimum Gasteiger partial charge on any atom is -0.466 e. The fourth-order valence-corrected chi connectivity index (χ4v) is 1.92. The van der Waals surface area contributed by atoms with Crippen LogP contribution in [0.2, 0.25) is 0 Å². The SMILES string of the molecule is C=C(CCOC(C)=O)C(=O)NC(C)C(=O)c1ccc(Br)cc1. The summed E-state index contributed by atoms with van der Waals surface area (Å²) in [5, 5.41) is 2.59. The molecule has 1 atom stereocenters. The van der Waals surface area contributed by atoms with Gasteiger partial charge in [-0.25, -0.2) is 0 Å². The lowest BCUT2D eigenvalue weighted by Gasteiger charge is -2.14. The molecule has 0 aliphatic heterocycles. The Labute approximate surface area is 137 Å². The third-order valence-electron chi connectivity index (χ3n) is 2.90. The van der Waals surface area contributed by atoms with Crippen molar-refractivity contribution in [1.82, 2.24) is 5.32 Å². The van der Waals surface area contributed by atoms with Crippen LogP contribution in [-0.4, -0.2) is 30.3 Å². The van der Waals surface area contributed by atoms with Crippen LogP contribution in [-0.2, 0) is 14.3 Å². The van der Waals surface area contributed by atoms with E-state index in [1.807, 2.05) is 0 Å². The van der Waals surface area contributed by atoms with Crippen molar-refractivity contribution in [2.75, 3.05) is 6.61 Å². The van der Waals surface area contributed by atoms with E-state index in [4.69, 9.17) is 4.74 Å². The normalized spacial score (nSPS) is 11.4. The van der Waals surface area contributed by atoms with Crippen molar-refractivity contribution in [3.63, 3.8) is 0 Å². The van der Waals surface area contributed by atoms with Crippen molar-refractivity contribution in [1.29, 1.82) is 0 Å². The highest BCUT2D eigenvalue weighted by Crippen LogP contribution is 2.12. The molecule has 1 aromatic carbocycles. The Morgan fingerprint density at radius 1 is 1.27 bits per heavy atom. The first-order chi connectivity index (χ1) is 10.3. The van der Waals surface area contributed by atoms with Gasteiger partial charge in [-0.2, -0.15) is 0 Å². The number of hydrogen-bond donors (Lipinski definition) is 1. The van der Waals surface area contributed by atoms with Gasteiger partial charge < -0.3 is 10.1 Å². The molecule has 0 heterocycles. The Kier molecular flexibility index (Phi) is 6.98. The van der Waals surface area contributed by atoms with Gasteiger partial charge in [0.15, 0.2) is 5.78 Å². The van der Waals surface area contributed by atoms with Gasteiger partial charge in [0.2, 0.25) is 5.91 Å². The van der Waals surface area contributed by atoms with Crippen molar-refractivity contribution in [2.45, 2.75) is 26.3 Å². The molecule has 1 unspecified atom stereocenters. The predicted molar refractivity (Wildman–Crippen MR) is 86.5 cm³/mol. The molecule has 5 nitrogen and oxygen atoms in total. The first-order valence-electron chi connectivity index (χ1n) is 6.73. The number of carbonyl (C=O) groups excluding carboxylic acids is 3. The van der Waals surface area contributed by atoms with Gasteiger partial charge in [-0.3, -0.25) is 14.4 Å². The van der Waals surface area contributed by atoms with Crippen molar-refractivity contribution in [2.24, 2.45) is 0 Å². The second kappa shape index (κ2) is 8.48. The standard InChI is InChI=1S/C16H18BrNO4/c1-10(8-9-22-12(3)19)16(21)18-11(2)15(20)13-4-6-14(17)7-5-13/h4-7,11H,1,8-9H2,2-3H3,(H,18,21). The summed E-state index contributed by atoms with van der Waals surface area (Å²) in [7, 11) is 0. The summed E-state index contributed by atoms with van der Waals surface area (Å²) in [4.78, 5) is 34.7. The Morgan fingerprint density at radius 2 is 1.86 bits per heavy atom. The fourth-order valence-electron chi connectivity index (χ4n) is 1.66. The number of hydrogen-bond acceptors (Lipinski definition) is 4. The molecule has 0 fully saturated rings. The van der Waals surface area contributed by atoms with Gasteiger partial charge in [0.1, 0.15) is 0 Å². The smallest absolute Gasteiger partial charge is 0.302 e.